The minimum Gasteiger partial charge on any atom is -0.444 e. The van der Waals surface area contributed by atoms with Gasteiger partial charge in [0.1, 0.15) is 41.7 Å². The van der Waals surface area contributed by atoms with Crippen molar-refractivity contribution in [3.8, 4) is 0 Å². The molecule has 45 heavy (non-hydrogen) atoms. The topological polar surface area (TPSA) is 215 Å². The second-order valence-corrected chi connectivity index (χ2v) is 14.2. The normalized spacial score (nSPS) is 39.5. The van der Waals surface area contributed by atoms with Gasteiger partial charge in [0, 0.05) is 6.42 Å². The Bertz CT molecular complexity index is 972. The molecule has 0 aromatic heterocycles. The second-order valence-electron chi connectivity index (χ2n) is 14.2. The van der Waals surface area contributed by atoms with Gasteiger partial charge >= 0.3 is 12.2 Å². The van der Waals surface area contributed by atoms with Crippen molar-refractivity contribution >= 4 is 12.2 Å². The minimum absolute atomic E-state index is 0.257. The monoisotopic (exact) mass is 650 g/mol. The highest BCUT2D eigenvalue weighted by molar-refractivity contribution is 5.68. The third-order valence-electron chi connectivity index (χ3n) is 7.98. The van der Waals surface area contributed by atoms with Crippen LogP contribution in [0.3, 0.4) is 0 Å². The highest BCUT2D eigenvalue weighted by Gasteiger charge is 2.51. The smallest absolute Gasteiger partial charge is 0.408 e. The van der Waals surface area contributed by atoms with E-state index in [9.17, 15) is 35.1 Å². The third kappa shape index (κ3) is 10.3. The minimum atomic E-state index is -1.62. The van der Waals surface area contributed by atoms with E-state index in [1.165, 1.54) is 0 Å². The Kier molecular flexibility index (Phi) is 12.9. The second kappa shape index (κ2) is 15.4. The number of carbonyl (C=O) groups excluding carboxylic acids is 2. The number of aliphatic hydroxyl groups is 5. The van der Waals surface area contributed by atoms with Crippen LogP contribution in [0.1, 0.15) is 81.1 Å². The van der Waals surface area contributed by atoms with Crippen molar-refractivity contribution in [2.24, 2.45) is 5.92 Å². The van der Waals surface area contributed by atoms with Gasteiger partial charge < -0.3 is 64.6 Å². The molecule has 2 amide bonds. The molecule has 262 valence electrons. The Morgan fingerprint density at radius 1 is 0.800 bits per heavy atom. The van der Waals surface area contributed by atoms with Crippen molar-refractivity contribution in [2.75, 3.05) is 6.61 Å². The van der Waals surface area contributed by atoms with Crippen molar-refractivity contribution in [1.29, 1.82) is 0 Å². The van der Waals surface area contributed by atoms with Gasteiger partial charge in [-0.1, -0.05) is 13.8 Å². The molecule has 15 heteroatoms. The highest BCUT2D eigenvalue weighted by atomic mass is 16.7. The summed E-state index contributed by atoms with van der Waals surface area (Å²) in [6.07, 6.45) is -11.3. The number of alkyl carbamates (subject to hydrolysis) is 2. The van der Waals surface area contributed by atoms with Crippen LogP contribution in [0.15, 0.2) is 0 Å². The van der Waals surface area contributed by atoms with Crippen LogP contribution in [-0.4, -0.2) is 129 Å². The van der Waals surface area contributed by atoms with Crippen molar-refractivity contribution < 1.29 is 63.5 Å². The van der Waals surface area contributed by atoms with Crippen LogP contribution < -0.4 is 10.6 Å². The molecule has 7 N–H and O–H groups in total. The number of ether oxygens (including phenoxy) is 6. The highest BCUT2D eigenvalue weighted by Crippen LogP contribution is 2.35. The molecule has 0 radical (unpaired) electrons. The standard InChI is InChI=1S/C30H54N2O13/c1-9-17-16(34)10-11-19(40-17)42-25-15(31-27(38)44-29(3,4)5)12-14(2)24(23(25)37)43-26-22(36)20(21(35)18(13-33)41-26)32-28(39)45-30(6,7)8/h14-26,33-37H,9-13H2,1-8H3,(H,31,38)(H,32,39). The summed E-state index contributed by atoms with van der Waals surface area (Å²) in [6.45, 7) is 13.2. The average Bonchev–Trinajstić information content (AvgIpc) is 2.91. The van der Waals surface area contributed by atoms with E-state index in [0.29, 0.717) is 19.3 Å². The van der Waals surface area contributed by atoms with Gasteiger partial charge in [-0.05, 0) is 66.7 Å². The summed E-state index contributed by atoms with van der Waals surface area (Å²) in [4.78, 5) is 25.3. The molecular weight excluding hydrogens is 596 g/mol. The number of aliphatic hydroxyl groups excluding tert-OH is 5. The van der Waals surface area contributed by atoms with E-state index in [1.54, 1.807) is 48.5 Å². The average molecular weight is 651 g/mol. The predicted molar refractivity (Wildman–Crippen MR) is 158 cm³/mol. The Balaban J connectivity index is 1.82. The molecule has 2 aliphatic heterocycles. The van der Waals surface area contributed by atoms with Gasteiger partial charge in [0.05, 0.1) is 37.0 Å². The van der Waals surface area contributed by atoms with Gasteiger partial charge in [-0.2, -0.15) is 0 Å². The van der Waals surface area contributed by atoms with Crippen LogP contribution in [-0.2, 0) is 28.4 Å². The van der Waals surface area contributed by atoms with Crippen LogP contribution in [0.2, 0.25) is 0 Å². The third-order valence-corrected chi connectivity index (χ3v) is 7.98. The lowest BCUT2D eigenvalue weighted by Crippen LogP contribution is -2.67. The fraction of sp³-hybridized carbons (Fsp3) is 0.933. The first-order valence-corrected chi connectivity index (χ1v) is 15.8. The van der Waals surface area contributed by atoms with E-state index in [2.05, 4.69) is 10.6 Å². The Morgan fingerprint density at radius 3 is 1.96 bits per heavy atom. The summed E-state index contributed by atoms with van der Waals surface area (Å²) >= 11 is 0. The lowest BCUT2D eigenvalue weighted by Gasteiger charge is -2.48. The SMILES string of the molecule is CCC1OC(OC2C(NC(=O)OC(C)(C)C)CC(C)C(OC3OC(CO)C(O)C(NC(=O)OC(C)(C)C)C3O)C2O)CCC1O. The van der Waals surface area contributed by atoms with Crippen LogP contribution in [0.5, 0.6) is 0 Å². The van der Waals surface area contributed by atoms with Crippen molar-refractivity contribution in [3.05, 3.63) is 0 Å². The molecule has 1 aliphatic carbocycles. The molecule has 13 atom stereocenters. The zero-order valence-electron chi connectivity index (χ0n) is 27.5. The molecule has 15 nitrogen and oxygen atoms in total. The lowest BCUT2D eigenvalue weighted by molar-refractivity contribution is -0.320. The van der Waals surface area contributed by atoms with Crippen molar-refractivity contribution in [3.63, 3.8) is 0 Å². The van der Waals surface area contributed by atoms with E-state index < -0.39 is 109 Å². The number of hydrogen-bond acceptors (Lipinski definition) is 13. The molecule has 2 heterocycles. The zero-order valence-corrected chi connectivity index (χ0v) is 27.5. The molecule has 0 bridgehead atoms. The fourth-order valence-electron chi connectivity index (χ4n) is 5.88. The molecule has 2 saturated heterocycles. The summed E-state index contributed by atoms with van der Waals surface area (Å²) in [5.74, 6) is -0.440. The summed E-state index contributed by atoms with van der Waals surface area (Å²) in [5.41, 5.74) is -1.62. The van der Waals surface area contributed by atoms with E-state index >= 15 is 0 Å². The zero-order chi connectivity index (χ0) is 33.9. The Morgan fingerprint density at radius 2 is 1.40 bits per heavy atom. The van der Waals surface area contributed by atoms with Gasteiger partial charge in [-0.15, -0.1) is 0 Å². The van der Waals surface area contributed by atoms with Crippen LogP contribution in [0, 0.1) is 5.92 Å². The largest absolute Gasteiger partial charge is 0.444 e. The van der Waals surface area contributed by atoms with Gasteiger partial charge in [0.25, 0.3) is 0 Å². The van der Waals surface area contributed by atoms with Crippen molar-refractivity contribution in [1.82, 2.24) is 10.6 Å². The van der Waals surface area contributed by atoms with Gasteiger partial charge in [0.2, 0.25) is 0 Å². The molecule has 3 aliphatic rings. The predicted octanol–water partition coefficient (Wildman–Crippen LogP) is 0.659. The van der Waals surface area contributed by atoms with Crippen LogP contribution in [0.25, 0.3) is 0 Å². The number of hydrogen-bond donors (Lipinski definition) is 7. The molecule has 0 spiro atoms. The summed E-state index contributed by atoms with van der Waals surface area (Å²) < 4.78 is 34.7. The lowest BCUT2D eigenvalue weighted by atomic mass is 9.80. The number of rotatable bonds is 8. The Labute approximate surface area is 264 Å². The number of nitrogens with one attached hydrogen (secondary N) is 2. The van der Waals surface area contributed by atoms with E-state index in [4.69, 9.17) is 28.4 Å². The fourth-order valence-corrected chi connectivity index (χ4v) is 5.88. The maximum absolute atomic E-state index is 12.8. The molecular formula is C30H54N2O13. The molecule has 3 fully saturated rings. The first-order valence-electron chi connectivity index (χ1n) is 15.8. The number of amides is 2. The summed E-state index contributed by atoms with van der Waals surface area (Å²) in [6, 6.07) is -2.07. The molecule has 13 unspecified atom stereocenters. The van der Waals surface area contributed by atoms with Crippen LogP contribution >= 0.6 is 0 Å². The van der Waals surface area contributed by atoms with Crippen LogP contribution in [0.4, 0.5) is 9.59 Å². The van der Waals surface area contributed by atoms with E-state index in [-0.39, 0.29) is 6.42 Å². The van der Waals surface area contributed by atoms with Gasteiger partial charge in [0.15, 0.2) is 12.6 Å². The van der Waals surface area contributed by atoms with Crippen molar-refractivity contribution in [2.45, 2.75) is 166 Å². The van der Waals surface area contributed by atoms with E-state index in [0.717, 1.165) is 0 Å². The van der Waals surface area contributed by atoms with E-state index in [1.807, 2.05) is 6.92 Å². The van der Waals surface area contributed by atoms with Gasteiger partial charge in [-0.25, -0.2) is 9.59 Å². The Hall–Kier alpha value is -1.82. The molecule has 0 aromatic carbocycles. The first-order chi connectivity index (χ1) is 20.8. The maximum Gasteiger partial charge on any atom is 0.408 e. The summed E-state index contributed by atoms with van der Waals surface area (Å²) in [5, 5.41) is 58.9. The first kappa shape index (κ1) is 37.6. The number of carbonyl (C=O) groups is 2. The maximum atomic E-state index is 12.8. The van der Waals surface area contributed by atoms with Gasteiger partial charge in [-0.3, -0.25) is 0 Å². The quantitative estimate of drug-likeness (QED) is 0.192. The molecule has 0 aromatic rings. The summed E-state index contributed by atoms with van der Waals surface area (Å²) in [7, 11) is 0. The molecule has 1 saturated carbocycles. The molecule has 3 rings (SSSR count).